The molecule has 0 spiro atoms. The molecule has 0 aliphatic rings. The Morgan fingerprint density at radius 2 is 1.76 bits per heavy atom. The maximum atomic E-state index is 13.5. The van der Waals surface area contributed by atoms with Crippen molar-refractivity contribution in [1.82, 2.24) is 9.78 Å². The normalized spacial score (nSPS) is 10.8. The monoisotopic (exact) mass is 281 g/mol. The molecule has 0 fully saturated rings. The molecule has 3 rings (SSSR count). The lowest BCUT2D eigenvalue weighted by Crippen LogP contribution is -2.01. The summed E-state index contributed by atoms with van der Waals surface area (Å²) in [5, 5.41) is 4.58. The van der Waals surface area contributed by atoms with E-state index in [9.17, 15) is 4.39 Å². The minimum atomic E-state index is -0.275. The Labute approximate surface area is 122 Å². The smallest absolute Gasteiger partial charge is 0.130 e. The fourth-order valence-electron chi connectivity index (χ4n) is 2.38. The van der Waals surface area contributed by atoms with Crippen molar-refractivity contribution in [2.75, 3.05) is 5.73 Å². The molecular formula is C17H16FN3. The third kappa shape index (κ3) is 2.29. The van der Waals surface area contributed by atoms with Crippen LogP contribution in [-0.2, 0) is 0 Å². The van der Waals surface area contributed by atoms with Gasteiger partial charge >= 0.3 is 0 Å². The van der Waals surface area contributed by atoms with Gasteiger partial charge in [-0.15, -0.1) is 0 Å². The number of para-hydroxylation sites is 1. The summed E-state index contributed by atoms with van der Waals surface area (Å²) in [6, 6.07) is 14.4. The number of halogens is 1. The molecule has 0 saturated heterocycles. The molecule has 0 radical (unpaired) electrons. The minimum Gasteiger partial charge on any atom is -0.383 e. The summed E-state index contributed by atoms with van der Waals surface area (Å²) in [5.41, 5.74) is 10.4. The van der Waals surface area contributed by atoms with Crippen LogP contribution in [0.2, 0.25) is 0 Å². The second-order valence-corrected chi connectivity index (χ2v) is 5.07. The zero-order valence-corrected chi connectivity index (χ0v) is 12.0. The van der Waals surface area contributed by atoms with Gasteiger partial charge in [0.15, 0.2) is 0 Å². The van der Waals surface area contributed by atoms with Gasteiger partial charge in [-0.25, -0.2) is 9.07 Å². The predicted octanol–water partition coefficient (Wildman–Crippen LogP) is 3.88. The Morgan fingerprint density at radius 1 is 1.05 bits per heavy atom. The molecule has 0 aliphatic heterocycles. The van der Waals surface area contributed by atoms with E-state index in [-0.39, 0.29) is 5.82 Å². The molecule has 0 unspecified atom stereocenters. The average molecular weight is 281 g/mol. The molecular weight excluding hydrogens is 265 g/mol. The van der Waals surface area contributed by atoms with Gasteiger partial charge < -0.3 is 5.73 Å². The summed E-state index contributed by atoms with van der Waals surface area (Å²) >= 11 is 0. The van der Waals surface area contributed by atoms with Crippen LogP contribution in [0.1, 0.15) is 11.1 Å². The number of aryl methyl sites for hydroxylation is 1. The molecule has 0 bridgehead atoms. The first kappa shape index (κ1) is 13.4. The number of nitrogens with two attached hydrogens (primary N) is 1. The van der Waals surface area contributed by atoms with Crippen molar-refractivity contribution in [3.8, 4) is 16.9 Å². The van der Waals surface area contributed by atoms with E-state index in [0.717, 1.165) is 22.4 Å². The van der Waals surface area contributed by atoms with Crippen LogP contribution in [0.15, 0.2) is 48.5 Å². The van der Waals surface area contributed by atoms with Crippen molar-refractivity contribution in [2.45, 2.75) is 13.8 Å². The predicted molar refractivity (Wildman–Crippen MR) is 82.8 cm³/mol. The maximum absolute atomic E-state index is 13.5. The second kappa shape index (κ2) is 5.05. The highest BCUT2D eigenvalue weighted by atomic mass is 19.1. The number of nitrogens with zero attached hydrogens (tertiary/aromatic N) is 2. The standard InChI is InChI=1S/C17H16FN3/c1-11-8-9-13(18)10-15(11)16-12(2)17(19)21(20-16)14-6-4-3-5-7-14/h3-10H,19H2,1-2H3. The summed E-state index contributed by atoms with van der Waals surface area (Å²) in [6.07, 6.45) is 0. The van der Waals surface area contributed by atoms with E-state index < -0.39 is 0 Å². The van der Waals surface area contributed by atoms with Crippen molar-refractivity contribution in [1.29, 1.82) is 0 Å². The average Bonchev–Trinajstić information content (AvgIpc) is 2.79. The van der Waals surface area contributed by atoms with E-state index in [1.807, 2.05) is 44.2 Å². The lowest BCUT2D eigenvalue weighted by atomic mass is 10.0. The Hall–Kier alpha value is -2.62. The largest absolute Gasteiger partial charge is 0.383 e. The van der Waals surface area contributed by atoms with Crippen LogP contribution in [0, 0.1) is 19.7 Å². The van der Waals surface area contributed by atoms with Gasteiger partial charge in [0.05, 0.1) is 11.4 Å². The summed E-state index contributed by atoms with van der Waals surface area (Å²) in [7, 11) is 0. The van der Waals surface area contributed by atoms with Crippen molar-refractivity contribution in [3.63, 3.8) is 0 Å². The SMILES string of the molecule is Cc1ccc(F)cc1-c1nn(-c2ccccc2)c(N)c1C. The summed E-state index contributed by atoms with van der Waals surface area (Å²) in [5.74, 6) is 0.294. The first-order valence-corrected chi connectivity index (χ1v) is 6.75. The molecule has 1 heterocycles. The van der Waals surface area contributed by atoms with Gasteiger partial charge in [-0.2, -0.15) is 5.10 Å². The zero-order chi connectivity index (χ0) is 15.0. The van der Waals surface area contributed by atoms with E-state index in [1.165, 1.54) is 12.1 Å². The molecule has 0 atom stereocenters. The maximum Gasteiger partial charge on any atom is 0.130 e. The van der Waals surface area contributed by atoms with Gasteiger partial charge in [0.2, 0.25) is 0 Å². The van der Waals surface area contributed by atoms with E-state index in [0.29, 0.717) is 11.5 Å². The fraction of sp³-hybridized carbons (Fsp3) is 0.118. The van der Waals surface area contributed by atoms with Crippen molar-refractivity contribution < 1.29 is 4.39 Å². The quantitative estimate of drug-likeness (QED) is 0.774. The van der Waals surface area contributed by atoms with Crippen LogP contribution in [-0.4, -0.2) is 9.78 Å². The van der Waals surface area contributed by atoms with Crippen LogP contribution in [0.4, 0.5) is 10.2 Å². The number of hydrogen-bond donors (Lipinski definition) is 1. The number of nitrogen functional groups attached to an aromatic ring is 1. The molecule has 2 N–H and O–H groups in total. The van der Waals surface area contributed by atoms with Crippen molar-refractivity contribution in [2.24, 2.45) is 0 Å². The minimum absolute atomic E-state index is 0.275. The zero-order valence-electron chi connectivity index (χ0n) is 12.0. The van der Waals surface area contributed by atoms with Crippen LogP contribution in [0.3, 0.4) is 0 Å². The number of hydrogen-bond acceptors (Lipinski definition) is 2. The van der Waals surface area contributed by atoms with Gasteiger partial charge in [0, 0.05) is 11.1 Å². The van der Waals surface area contributed by atoms with Gasteiger partial charge in [0.1, 0.15) is 11.6 Å². The highest BCUT2D eigenvalue weighted by Crippen LogP contribution is 2.30. The summed E-state index contributed by atoms with van der Waals surface area (Å²) < 4.78 is 15.2. The Bertz CT molecular complexity index is 791. The second-order valence-electron chi connectivity index (χ2n) is 5.07. The lowest BCUT2D eigenvalue weighted by molar-refractivity contribution is 0.628. The first-order valence-electron chi connectivity index (χ1n) is 6.75. The molecule has 3 aromatic rings. The molecule has 106 valence electrons. The van der Waals surface area contributed by atoms with Crippen molar-refractivity contribution in [3.05, 3.63) is 65.5 Å². The number of aromatic nitrogens is 2. The Morgan fingerprint density at radius 3 is 2.48 bits per heavy atom. The highest BCUT2D eigenvalue weighted by molar-refractivity contribution is 5.71. The van der Waals surface area contributed by atoms with Crippen LogP contribution >= 0.6 is 0 Å². The Balaban J connectivity index is 2.20. The first-order chi connectivity index (χ1) is 10.1. The molecule has 21 heavy (non-hydrogen) atoms. The van der Waals surface area contributed by atoms with E-state index in [4.69, 9.17) is 5.73 Å². The van der Waals surface area contributed by atoms with Gasteiger partial charge in [-0.05, 0) is 43.7 Å². The van der Waals surface area contributed by atoms with Crippen LogP contribution < -0.4 is 5.73 Å². The van der Waals surface area contributed by atoms with Gasteiger partial charge in [-0.3, -0.25) is 0 Å². The summed E-state index contributed by atoms with van der Waals surface area (Å²) in [6.45, 7) is 3.84. The summed E-state index contributed by atoms with van der Waals surface area (Å²) in [4.78, 5) is 0. The van der Waals surface area contributed by atoms with Gasteiger partial charge in [-0.1, -0.05) is 24.3 Å². The molecule has 4 heteroatoms. The molecule has 0 aliphatic carbocycles. The molecule has 0 amide bonds. The highest BCUT2D eigenvalue weighted by Gasteiger charge is 2.16. The fourth-order valence-corrected chi connectivity index (χ4v) is 2.38. The van der Waals surface area contributed by atoms with E-state index in [1.54, 1.807) is 10.7 Å². The molecule has 3 nitrogen and oxygen atoms in total. The third-order valence-electron chi connectivity index (χ3n) is 3.62. The van der Waals surface area contributed by atoms with Crippen LogP contribution in [0.25, 0.3) is 16.9 Å². The van der Waals surface area contributed by atoms with Crippen molar-refractivity contribution >= 4 is 5.82 Å². The number of benzene rings is 2. The number of anilines is 1. The third-order valence-corrected chi connectivity index (χ3v) is 3.62. The Kier molecular flexibility index (Phi) is 3.22. The van der Waals surface area contributed by atoms with Gasteiger partial charge in [0.25, 0.3) is 0 Å². The van der Waals surface area contributed by atoms with E-state index >= 15 is 0 Å². The molecule has 2 aromatic carbocycles. The lowest BCUT2D eigenvalue weighted by Gasteiger charge is -2.04. The number of rotatable bonds is 2. The topological polar surface area (TPSA) is 43.8 Å². The van der Waals surface area contributed by atoms with Crippen LogP contribution in [0.5, 0.6) is 0 Å². The molecule has 0 saturated carbocycles. The van der Waals surface area contributed by atoms with E-state index in [2.05, 4.69) is 5.10 Å². The molecule has 1 aromatic heterocycles.